The van der Waals surface area contributed by atoms with Crippen molar-refractivity contribution >= 4 is 17.2 Å². The van der Waals surface area contributed by atoms with E-state index < -0.39 is 0 Å². The maximum Gasteiger partial charge on any atom is 0.263 e. The number of likely N-dealkylation sites (tertiary alicyclic amines) is 1. The maximum absolute atomic E-state index is 12.4. The quantitative estimate of drug-likeness (QED) is 0.758. The fraction of sp³-hybridized carbons (Fsp3) is 0.450. The number of rotatable bonds is 7. The van der Waals surface area contributed by atoms with Crippen molar-refractivity contribution < 1.29 is 4.79 Å². The van der Waals surface area contributed by atoms with Crippen molar-refractivity contribution in [1.82, 2.24) is 15.2 Å². The summed E-state index contributed by atoms with van der Waals surface area (Å²) in [7, 11) is 0. The second-order valence-electron chi connectivity index (χ2n) is 6.64. The third-order valence-electron chi connectivity index (χ3n) is 4.63. The van der Waals surface area contributed by atoms with E-state index in [9.17, 15) is 4.79 Å². The van der Waals surface area contributed by atoms with Gasteiger partial charge in [0.05, 0.1) is 17.3 Å². The molecule has 1 aromatic carbocycles. The predicted molar refractivity (Wildman–Crippen MR) is 104 cm³/mol. The molecule has 26 heavy (non-hydrogen) atoms. The molecule has 1 fully saturated rings. The Labute approximate surface area is 158 Å². The molecule has 6 heteroatoms. The number of hydrogen-bond donors (Lipinski definition) is 1. The van der Waals surface area contributed by atoms with E-state index in [2.05, 4.69) is 21.3 Å². The van der Waals surface area contributed by atoms with Crippen LogP contribution < -0.4 is 5.32 Å². The minimum atomic E-state index is -0.0520. The number of aryl methyl sites for hydroxylation is 1. The standard InChI is InChI=1S/C20H24N4OS/c1-15-18(19(25)22-9-2-3-10-24-11-4-5-12-24)26-20(23-15)17-8-6-7-16(13-17)14-21/h6-8,13H,2-5,9-12H2,1H3,(H,22,25). The van der Waals surface area contributed by atoms with Crippen LogP contribution >= 0.6 is 11.3 Å². The molecule has 3 rings (SSSR count). The molecule has 2 aromatic rings. The minimum Gasteiger partial charge on any atom is -0.351 e. The van der Waals surface area contributed by atoms with Crippen LogP contribution in [-0.2, 0) is 0 Å². The molecule has 0 saturated carbocycles. The van der Waals surface area contributed by atoms with Gasteiger partial charge in [0, 0.05) is 12.1 Å². The third kappa shape index (κ3) is 4.69. The van der Waals surface area contributed by atoms with Gasteiger partial charge >= 0.3 is 0 Å². The lowest BCUT2D eigenvalue weighted by molar-refractivity contribution is 0.0956. The van der Waals surface area contributed by atoms with Crippen LogP contribution in [0.3, 0.4) is 0 Å². The van der Waals surface area contributed by atoms with Crippen molar-refractivity contribution in [1.29, 1.82) is 5.26 Å². The van der Waals surface area contributed by atoms with Crippen LogP contribution in [0.5, 0.6) is 0 Å². The third-order valence-corrected chi connectivity index (χ3v) is 5.83. The molecule has 0 bridgehead atoms. The van der Waals surface area contributed by atoms with Gasteiger partial charge in [-0.05, 0) is 64.4 Å². The van der Waals surface area contributed by atoms with Crippen LogP contribution in [0.4, 0.5) is 0 Å². The number of unbranched alkanes of at least 4 members (excludes halogenated alkanes) is 1. The average Bonchev–Trinajstić information content (AvgIpc) is 3.31. The van der Waals surface area contributed by atoms with Crippen molar-refractivity contribution in [3.63, 3.8) is 0 Å². The van der Waals surface area contributed by atoms with Gasteiger partial charge in [-0.3, -0.25) is 4.79 Å². The van der Waals surface area contributed by atoms with Crippen LogP contribution in [0.25, 0.3) is 10.6 Å². The Morgan fingerprint density at radius 2 is 2.15 bits per heavy atom. The van der Waals surface area contributed by atoms with Gasteiger partial charge < -0.3 is 10.2 Å². The summed E-state index contributed by atoms with van der Waals surface area (Å²) >= 11 is 1.38. The van der Waals surface area contributed by atoms with Gasteiger partial charge in [-0.1, -0.05) is 12.1 Å². The van der Waals surface area contributed by atoms with Crippen molar-refractivity contribution in [2.75, 3.05) is 26.2 Å². The number of hydrogen-bond acceptors (Lipinski definition) is 5. The SMILES string of the molecule is Cc1nc(-c2cccc(C#N)c2)sc1C(=O)NCCCCN1CCCC1. The molecule has 1 aliphatic heterocycles. The molecule has 1 amide bonds. The molecule has 1 N–H and O–H groups in total. The van der Waals surface area contributed by atoms with Gasteiger partial charge in [-0.15, -0.1) is 11.3 Å². The van der Waals surface area contributed by atoms with Crippen molar-refractivity contribution in [2.24, 2.45) is 0 Å². The van der Waals surface area contributed by atoms with Gasteiger partial charge in [0.15, 0.2) is 0 Å². The van der Waals surface area contributed by atoms with Crippen LogP contribution in [-0.4, -0.2) is 42.0 Å². The van der Waals surface area contributed by atoms with Crippen molar-refractivity contribution in [2.45, 2.75) is 32.6 Å². The largest absolute Gasteiger partial charge is 0.351 e. The molecular formula is C20H24N4OS. The van der Waals surface area contributed by atoms with E-state index in [1.54, 1.807) is 12.1 Å². The highest BCUT2D eigenvalue weighted by Crippen LogP contribution is 2.28. The number of carbonyl (C=O) groups is 1. The monoisotopic (exact) mass is 368 g/mol. The molecule has 1 aliphatic rings. The Bertz CT molecular complexity index is 802. The average molecular weight is 369 g/mol. The Morgan fingerprint density at radius 3 is 2.92 bits per heavy atom. The van der Waals surface area contributed by atoms with Gasteiger partial charge in [-0.25, -0.2) is 4.98 Å². The molecular weight excluding hydrogens is 344 g/mol. The summed E-state index contributed by atoms with van der Waals surface area (Å²) in [6, 6.07) is 9.46. The summed E-state index contributed by atoms with van der Waals surface area (Å²) in [4.78, 5) is 20.1. The van der Waals surface area contributed by atoms with Gasteiger partial charge in [-0.2, -0.15) is 5.26 Å². The Kier molecular flexibility index (Phi) is 6.37. The zero-order valence-corrected chi connectivity index (χ0v) is 15.9. The number of nitrogens with one attached hydrogen (secondary N) is 1. The van der Waals surface area contributed by atoms with Gasteiger partial charge in [0.1, 0.15) is 9.88 Å². The van der Waals surface area contributed by atoms with Crippen LogP contribution in [0.15, 0.2) is 24.3 Å². The smallest absolute Gasteiger partial charge is 0.263 e. The lowest BCUT2D eigenvalue weighted by Gasteiger charge is -2.13. The second-order valence-corrected chi connectivity index (χ2v) is 7.64. The summed E-state index contributed by atoms with van der Waals surface area (Å²) < 4.78 is 0. The number of thiazole rings is 1. The Hall–Kier alpha value is -2.23. The molecule has 136 valence electrons. The van der Waals surface area contributed by atoms with E-state index in [0.29, 0.717) is 17.0 Å². The highest BCUT2D eigenvalue weighted by atomic mass is 32.1. The summed E-state index contributed by atoms with van der Waals surface area (Å²) in [5.74, 6) is -0.0520. The molecule has 0 spiro atoms. The van der Waals surface area contributed by atoms with Gasteiger partial charge in [0.2, 0.25) is 0 Å². The summed E-state index contributed by atoms with van der Waals surface area (Å²) in [6.45, 7) is 6.14. The zero-order valence-electron chi connectivity index (χ0n) is 15.1. The van der Waals surface area contributed by atoms with E-state index in [1.165, 1.54) is 37.3 Å². The molecule has 1 saturated heterocycles. The first kappa shape index (κ1) is 18.6. The normalized spacial score (nSPS) is 14.3. The predicted octanol–water partition coefficient (Wildman–Crippen LogP) is 3.60. The number of aromatic nitrogens is 1. The molecule has 0 radical (unpaired) electrons. The Balaban J connectivity index is 1.52. The summed E-state index contributed by atoms with van der Waals surface area (Å²) in [6.07, 6.45) is 4.76. The number of amides is 1. The molecule has 0 aliphatic carbocycles. The maximum atomic E-state index is 12.4. The molecule has 0 unspecified atom stereocenters. The minimum absolute atomic E-state index is 0.0520. The van der Waals surface area contributed by atoms with E-state index in [1.807, 2.05) is 19.1 Å². The zero-order chi connectivity index (χ0) is 18.4. The van der Waals surface area contributed by atoms with Crippen molar-refractivity contribution in [3.05, 3.63) is 40.4 Å². The van der Waals surface area contributed by atoms with E-state index in [-0.39, 0.29) is 5.91 Å². The van der Waals surface area contributed by atoms with E-state index >= 15 is 0 Å². The lowest BCUT2D eigenvalue weighted by atomic mass is 10.1. The molecule has 0 atom stereocenters. The first-order valence-electron chi connectivity index (χ1n) is 9.16. The lowest BCUT2D eigenvalue weighted by Crippen LogP contribution is -2.26. The number of nitrogens with zero attached hydrogens (tertiary/aromatic N) is 3. The summed E-state index contributed by atoms with van der Waals surface area (Å²) in [5.41, 5.74) is 2.21. The fourth-order valence-electron chi connectivity index (χ4n) is 3.20. The summed E-state index contributed by atoms with van der Waals surface area (Å²) in [5, 5.41) is 12.8. The number of benzene rings is 1. The van der Waals surface area contributed by atoms with Gasteiger partial charge in [0.25, 0.3) is 5.91 Å². The highest BCUT2D eigenvalue weighted by Gasteiger charge is 2.16. The number of carbonyl (C=O) groups excluding carboxylic acids is 1. The van der Waals surface area contributed by atoms with E-state index in [0.717, 1.165) is 35.7 Å². The second kappa shape index (κ2) is 8.93. The van der Waals surface area contributed by atoms with Crippen LogP contribution in [0, 0.1) is 18.3 Å². The van der Waals surface area contributed by atoms with Crippen LogP contribution in [0.2, 0.25) is 0 Å². The van der Waals surface area contributed by atoms with E-state index in [4.69, 9.17) is 5.26 Å². The molecule has 1 aromatic heterocycles. The van der Waals surface area contributed by atoms with Crippen molar-refractivity contribution in [3.8, 4) is 16.6 Å². The Morgan fingerprint density at radius 1 is 1.35 bits per heavy atom. The first-order valence-corrected chi connectivity index (χ1v) is 9.97. The number of nitriles is 1. The van der Waals surface area contributed by atoms with Crippen LogP contribution in [0.1, 0.15) is 46.6 Å². The topological polar surface area (TPSA) is 69.0 Å². The molecule has 5 nitrogen and oxygen atoms in total. The highest BCUT2D eigenvalue weighted by molar-refractivity contribution is 7.17. The first-order chi connectivity index (χ1) is 12.7. The fourth-order valence-corrected chi connectivity index (χ4v) is 4.18. The molecule has 2 heterocycles.